The lowest BCUT2D eigenvalue weighted by Gasteiger charge is -2.61. The zero-order chi connectivity index (χ0) is 21.7. The number of carbonyl (C=O) groups is 2. The number of ketones is 1. The Morgan fingerprint density at radius 1 is 1.20 bits per heavy atom. The molecule has 0 aliphatic heterocycles. The van der Waals surface area contributed by atoms with Crippen LogP contribution in [0.15, 0.2) is 18.2 Å². The smallest absolute Gasteiger partial charge is 0.312 e. The summed E-state index contributed by atoms with van der Waals surface area (Å²) >= 11 is 0. The summed E-state index contributed by atoms with van der Waals surface area (Å²) in [5, 5.41) is 16.7. The summed E-state index contributed by atoms with van der Waals surface area (Å²) in [6.07, 6.45) is 5.91. The van der Waals surface area contributed by atoms with E-state index < -0.39 is 23.7 Å². The molecular formula is C25H30N2O3. The Hall–Kier alpha value is -2.48. The van der Waals surface area contributed by atoms with Crippen molar-refractivity contribution in [1.29, 1.82) is 10.7 Å². The minimum absolute atomic E-state index is 0.0120. The highest BCUT2D eigenvalue weighted by Gasteiger charge is 2.61. The number of aryl methyl sites for hydroxylation is 2. The first-order valence-electron chi connectivity index (χ1n) is 10.9. The van der Waals surface area contributed by atoms with Crippen LogP contribution in [0.25, 0.3) is 0 Å². The molecule has 0 radical (unpaired) electrons. The predicted molar refractivity (Wildman–Crippen MR) is 113 cm³/mol. The van der Waals surface area contributed by atoms with Gasteiger partial charge in [-0.05, 0) is 93.2 Å². The van der Waals surface area contributed by atoms with Gasteiger partial charge in [-0.3, -0.25) is 9.59 Å². The monoisotopic (exact) mass is 406 g/mol. The zero-order valence-corrected chi connectivity index (χ0v) is 18.1. The molecule has 30 heavy (non-hydrogen) atoms. The highest BCUT2D eigenvalue weighted by Crippen LogP contribution is 2.66. The highest BCUT2D eigenvalue weighted by atomic mass is 16.5. The van der Waals surface area contributed by atoms with E-state index in [-0.39, 0.29) is 17.1 Å². The molecule has 4 saturated carbocycles. The van der Waals surface area contributed by atoms with Gasteiger partial charge in [-0.1, -0.05) is 18.2 Å². The van der Waals surface area contributed by atoms with Crippen molar-refractivity contribution in [3.63, 3.8) is 0 Å². The van der Waals surface area contributed by atoms with Crippen LogP contribution in [0.5, 0.6) is 0 Å². The van der Waals surface area contributed by atoms with Crippen LogP contribution in [-0.2, 0) is 19.7 Å². The molecule has 0 amide bonds. The van der Waals surface area contributed by atoms with E-state index in [1.165, 1.54) is 30.0 Å². The number of hydrogen-bond acceptors (Lipinski definition) is 5. The number of nitrogens with one attached hydrogen (secondary N) is 1. The second-order valence-corrected chi connectivity index (χ2v) is 10.1. The van der Waals surface area contributed by atoms with Crippen molar-refractivity contribution in [2.45, 2.75) is 64.7 Å². The number of nitriles is 1. The summed E-state index contributed by atoms with van der Waals surface area (Å²) in [7, 11) is 0. The van der Waals surface area contributed by atoms with Gasteiger partial charge < -0.3 is 10.1 Å². The fourth-order valence-corrected chi connectivity index (χ4v) is 6.69. The number of nitrogens with zero attached hydrogens (tertiary/aromatic N) is 1. The molecule has 4 aliphatic rings. The number of ether oxygens (including phenoxy) is 1. The van der Waals surface area contributed by atoms with E-state index in [9.17, 15) is 9.59 Å². The summed E-state index contributed by atoms with van der Waals surface area (Å²) in [6.45, 7) is 5.28. The van der Waals surface area contributed by atoms with E-state index in [1.807, 2.05) is 6.07 Å². The minimum atomic E-state index is -1.13. The largest absolute Gasteiger partial charge is 0.457 e. The van der Waals surface area contributed by atoms with E-state index in [1.54, 1.807) is 0 Å². The van der Waals surface area contributed by atoms with E-state index in [4.69, 9.17) is 15.4 Å². The van der Waals surface area contributed by atoms with E-state index in [0.717, 1.165) is 32.1 Å². The molecule has 0 heterocycles. The van der Waals surface area contributed by atoms with Gasteiger partial charge in [0.15, 0.2) is 12.4 Å². The molecule has 4 fully saturated rings. The third-order valence-electron chi connectivity index (χ3n) is 7.84. The summed E-state index contributed by atoms with van der Waals surface area (Å²) in [4.78, 5) is 25.5. The van der Waals surface area contributed by atoms with E-state index >= 15 is 0 Å². The van der Waals surface area contributed by atoms with Crippen molar-refractivity contribution in [2.24, 2.45) is 23.2 Å². The summed E-state index contributed by atoms with van der Waals surface area (Å²) in [5.41, 5.74) is 3.40. The molecule has 4 bridgehead atoms. The average molecular weight is 407 g/mol. The Morgan fingerprint density at radius 3 is 2.43 bits per heavy atom. The van der Waals surface area contributed by atoms with Crippen LogP contribution < -0.4 is 0 Å². The van der Waals surface area contributed by atoms with Crippen molar-refractivity contribution < 1.29 is 14.3 Å². The van der Waals surface area contributed by atoms with Gasteiger partial charge in [0.2, 0.25) is 0 Å². The van der Waals surface area contributed by atoms with Crippen LogP contribution in [0.3, 0.4) is 0 Å². The molecule has 1 aromatic carbocycles. The number of esters is 1. The average Bonchev–Trinajstić information content (AvgIpc) is 2.67. The SMILES string of the molecule is CC(=N)[C@H](C#N)C(=O)COC(=O)C12C[C@H]3C[C@@H](C1)CC(c1ccc(C)c(C)c1)(C3)C2. The third kappa shape index (κ3) is 3.37. The normalized spacial score (nSPS) is 32.3. The molecule has 1 N–H and O–H groups in total. The molecule has 5 heteroatoms. The maximum atomic E-state index is 13.3. The first-order valence-corrected chi connectivity index (χ1v) is 10.9. The second-order valence-electron chi connectivity index (χ2n) is 10.1. The lowest BCUT2D eigenvalue weighted by Crippen LogP contribution is -2.57. The molecule has 158 valence electrons. The fraction of sp³-hybridized carbons (Fsp3) is 0.600. The molecule has 5 rings (SSSR count). The first-order chi connectivity index (χ1) is 14.2. The van der Waals surface area contributed by atoms with Crippen LogP contribution in [0.4, 0.5) is 0 Å². The molecule has 1 aromatic rings. The van der Waals surface area contributed by atoms with Crippen molar-refractivity contribution >= 4 is 17.5 Å². The maximum absolute atomic E-state index is 13.3. The van der Waals surface area contributed by atoms with Crippen molar-refractivity contribution in [2.75, 3.05) is 6.61 Å². The standard InChI is InChI=1S/C25H30N2O3/c1-15-4-5-20(6-16(15)2)24-8-18-7-19(9-24)11-25(10-18,14-24)23(29)30-13-22(28)21(12-26)17(3)27/h4-6,18-19,21,27H,7-11,13-14H2,1-3H3/t18-,19+,21-,24?,25?/m0/s1. The molecule has 0 saturated heterocycles. The lowest BCUT2D eigenvalue weighted by molar-refractivity contribution is -0.175. The number of hydrogen-bond donors (Lipinski definition) is 1. The van der Waals surface area contributed by atoms with Gasteiger partial charge in [-0.15, -0.1) is 0 Å². The molecule has 0 aromatic heterocycles. The van der Waals surface area contributed by atoms with Crippen molar-refractivity contribution in [3.8, 4) is 6.07 Å². The Kier molecular flexibility index (Phi) is 5.08. The zero-order valence-electron chi connectivity index (χ0n) is 18.1. The first kappa shape index (κ1) is 20.8. The van der Waals surface area contributed by atoms with E-state index in [2.05, 4.69) is 32.0 Å². The van der Waals surface area contributed by atoms with Crippen LogP contribution in [0.1, 0.15) is 62.1 Å². The van der Waals surface area contributed by atoms with Gasteiger partial charge in [0, 0.05) is 5.71 Å². The highest BCUT2D eigenvalue weighted by molar-refractivity contribution is 6.06. The Bertz CT molecular complexity index is 944. The molecule has 5 atom stereocenters. The topological polar surface area (TPSA) is 91.0 Å². The van der Waals surface area contributed by atoms with Crippen LogP contribution in [-0.4, -0.2) is 24.1 Å². The van der Waals surface area contributed by atoms with Gasteiger partial charge in [0.25, 0.3) is 0 Å². The Balaban J connectivity index is 1.56. The third-order valence-corrected chi connectivity index (χ3v) is 7.84. The fourth-order valence-electron chi connectivity index (χ4n) is 6.69. The number of rotatable bonds is 6. The maximum Gasteiger partial charge on any atom is 0.312 e. The van der Waals surface area contributed by atoms with Gasteiger partial charge in [-0.2, -0.15) is 5.26 Å². The quantitative estimate of drug-likeness (QED) is 0.559. The van der Waals surface area contributed by atoms with Crippen molar-refractivity contribution in [3.05, 3.63) is 34.9 Å². The number of benzene rings is 1. The molecule has 0 spiro atoms. The summed E-state index contributed by atoms with van der Waals surface area (Å²) in [6, 6.07) is 8.56. The molecule has 5 nitrogen and oxygen atoms in total. The predicted octanol–water partition coefficient (Wildman–Crippen LogP) is 4.43. The van der Waals surface area contributed by atoms with Gasteiger partial charge in [-0.25, -0.2) is 0 Å². The van der Waals surface area contributed by atoms with Crippen LogP contribution in [0, 0.1) is 53.8 Å². The van der Waals surface area contributed by atoms with Gasteiger partial charge >= 0.3 is 5.97 Å². The van der Waals surface area contributed by atoms with Crippen molar-refractivity contribution in [1.82, 2.24) is 0 Å². The Morgan fingerprint density at radius 2 is 1.87 bits per heavy atom. The lowest BCUT2D eigenvalue weighted by atomic mass is 9.43. The van der Waals surface area contributed by atoms with Gasteiger partial charge in [0.1, 0.15) is 5.92 Å². The molecular weight excluding hydrogens is 376 g/mol. The number of Topliss-reactive ketones (excluding diaryl/α,β-unsaturated/α-hetero) is 1. The minimum Gasteiger partial charge on any atom is -0.457 e. The summed E-state index contributed by atoms with van der Waals surface area (Å²) in [5.74, 6) is -0.876. The van der Waals surface area contributed by atoms with Crippen LogP contribution >= 0.6 is 0 Å². The molecule has 4 aliphatic carbocycles. The van der Waals surface area contributed by atoms with E-state index in [0.29, 0.717) is 11.8 Å². The van der Waals surface area contributed by atoms with Gasteiger partial charge in [0.05, 0.1) is 11.5 Å². The number of carbonyl (C=O) groups excluding carboxylic acids is 2. The second kappa shape index (κ2) is 7.34. The summed E-state index contributed by atoms with van der Waals surface area (Å²) < 4.78 is 5.51. The van der Waals surface area contributed by atoms with Crippen LogP contribution in [0.2, 0.25) is 0 Å². The molecule has 2 unspecified atom stereocenters. The Labute approximate surface area is 178 Å².